The van der Waals surface area contributed by atoms with Gasteiger partial charge in [-0.3, -0.25) is 4.79 Å². The Bertz CT molecular complexity index is 448. The summed E-state index contributed by atoms with van der Waals surface area (Å²) in [6, 6.07) is 5.78. The van der Waals surface area contributed by atoms with Gasteiger partial charge < -0.3 is 10.6 Å². The van der Waals surface area contributed by atoms with Gasteiger partial charge in [0.15, 0.2) is 0 Å². The van der Waals surface area contributed by atoms with Crippen LogP contribution in [0, 0.1) is 6.92 Å². The number of aryl methyl sites for hydroxylation is 1. The highest BCUT2D eigenvalue weighted by molar-refractivity contribution is 5.95. The van der Waals surface area contributed by atoms with Crippen LogP contribution in [0.4, 0.5) is 5.69 Å². The average molecular weight is 246 g/mol. The molecule has 98 valence electrons. The van der Waals surface area contributed by atoms with Crippen LogP contribution in [0.25, 0.3) is 0 Å². The van der Waals surface area contributed by atoms with E-state index >= 15 is 0 Å². The molecular weight excluding hydrogens is 224 g/mol. The Balaban J connectivity index is 2.11. The minimum atomic E-state index is -0.00728. The molecule has 1 aromatic carbocycles. The molecule has 0 heterocycles. The number of nitrogens with one attached hydrogen (secondary N) is 2. The van der Waals surface area contributed by atoms with Gasteiger partial charge in [-0.05, 0) is 50.5 Å². The normalized spacial score (nSPS) is 17.5. The van der Waals surface area contributed by atoms with Crippen LogP contribution in [0.5, 0.6) is 0 Å². The minimum Gasteiger partial charge on any atom is -0.388 e. The fraction of sp³-hybridized carbons (Fsp3) is 0.533. The third-order valence-corrected chi connectivity index (χ3v) is 3.88. The lowest BCUT2D eigenvalue weighted by Gasteiger charge is -2.25. The molecule has 1 saturated carbocycles. The Hall–Kier alpha value is -1.51. The van der Waals surface area contributed by atoms with E-state index in [9.17, 15) is 4.79 Å². The summed E-state index contributed by atoms with van der Waals surface area (Å²) in [5.41, 5.74) is 2.91. The molecule has 0 aliphatic heterocycles. The fourth-order valence-corrected chi connectivity index (χ4v) is 2.71. The number of carbonyl (C=O) groups excluding carboxylic acids is 1. The highest BCUT2D eigenvalue weighted by Crippen LogP contribution is 2.29. The maximum absolute atomic E-state index is 12.2. The van der Waals surface area contributed by atoms with Crippen LogP contribution in [-0.2, 0) is 0 Å². The molecule has 0 aromatic heterocycles. The maximum atomic E-state index is 12.2. The second kappa shape index (κ2) is 5.01. The van der Waals surface area contributed by atoms with Gasteiger partial charge in [0.05, 0.1) is 0 Å². The van der Waals surface area contributed by atoms with Crippen molar-refractivity contribution in [3.63, 3.8) is 0 Å². The number of benzene rings is 1. The van der Waals surface area contributed by atoms with E-state index in [1.54, 1.807) is 0 Å². The zero-order chi connectivity index (χ0) is 13.2. The van der Waals surface area contributed by atoms with E-state index < -0.39 is 0 Å². The van der Waals surface area contributed by atoms with Crippen molar-refractivity contribution >= 4 is 11.6 Å². The van der Waals surface area contributed by atoms with Gasteiger partial charge in [0.1, 0.15) is 0 Å². The summed E-state index contributed by atoms with van der Waals surface area (Å²) in [6.45, 7) is 4.16. The second-order valence-corrected chi connectivity index (χ2v) is 5.50. The zero-order valence-electron chi connectivity index (χ0n) is 11.5. The van der Waals surface area contributed by atoms with Crippen molar-refractivity contribution in [3.8, 4) is 0 Å². The molecule has 1 aliphatic carbocycles. The van der Waals surface area contributed by atoms with E-state index in [0.29, 0.717) is 0 Å². The molecule has 0 atom stereocenters. The third-order valence-electron chi connectivity index (χ3n) is 3.88. The average Bonchev–Trinajstić information content (AvgIpc) is 2.75. The first-order valence-corrected chi connectivity index (χ1v) is 6.65. The second-order valence-electron chi connectivity index (χ2n) is 5.50. The van der Waals surface area contributed by atoms with Gasteiger partial charge in [0.2, 0.25) is 0 Å². The van der Waals surface area contributed by atoms with Gasteiger partial charge in [-0.15, -0.1) is 0 Å². The summed E-state index contributed by atoms with van der Waals surface area (Å²) < 4.78 is 0. The molecule has 0 radical (unpaired) electrons. The lowest BCUT2D eigenvalue weighted by atomic mass is 9.99. The van der Waals surface area contributed by atoms with Crippen LogP contribution in [0.1, 0.15) is 48.5 Å². The highest BCUT2D eigenvalue weighted by Gasteiger charge is 2.30. The minimum absolute atomic E-state index is 0.00728. The molecule has 0 bridgehead atoms. The molecule has 1 amide bonds. The van der Waals surface area contributed by atoms with Crippen molar-refractivity contribution < 1.29 is 4.79 Å². The molecule has 2 rings (SSSR count). The first-order chi connectivity index (χ1) is 8.54. The smallest absolute Gasteiger partial charge is 0.251 e. The Kier molecular flexibility index (Phi) is 3.60. The summed E-state index contributed by atoms with van der Waals surface area (Å²) in [5.74, 6) is 0.0464. The molecule has 3 heteroatoms. The third kappa shape index (κ3) is 2.66. The van der Waals surface area contributed by atoms with E-state index in [0.717, 1.165) is 29.7 Å². The number of hydrogen-bond donors (Lipinski definition) is 2. The monoisotopic (exact) mass is 246 g/mol. The number of amides is 1. The van der Waals surface area contributed by atoms with Crippen molar-refractivity contribution in [1.29, 1.82) is 0 Å². The Morgan fingerprint density at radius 3 is 2.50 bits per heavy atom. The van der Waals surface area contributed by atoms with Crippen LogP contribution in [0.2, 0.25) is 0 Å². The quantitative estimate of drug-likeness (QED) is 0.860. The molecule has 2 N–H and O–H groups in total. The summed E-state index contributed by atoms with van der Waals surface area (Å²) in [7, 11) is 1.89. The number of carbonyl (C=O) groups is 1. The molecule has 0 saturated heterocycles. The van der Waals surface area contributed by atoms with Crippen molar-refractivity contribution in [1.82, 2.24) is 5.32 Å². The molecule has 18 heavy (non-hydrogen) atoms. The Labute approximate surface area is 109 Å². The number of hydrogen-bond acceptors (Lipinski definition) is 2. The van der Waals surface area contributed by atoms with Crippen molar-refractivity contribution in [2.24, 2.45) is 0 Å². The van der Waals surface area contributed by atoms with Crippen LogP contribution in [0.3, 0.4) is 0 Å². The van der Waals surface area contributed by atoms with Crippen molar-refractivity contribution in [2.75, 3.05) is 12.4 Å². The summed E-state index contributed by atoms with van der Waals surface area (Å²) in [6.07, 6.45) is 4.61. The first-order valence-electron chi connectivity index (χ1n) is 6.65. The first kappa shape index (κ1) is 12.9. The summed E-state index contributed by atoms with van der Waals surface area (Å²) in [5, 5.41) is 6.29. The van der Waals surface area contributed by atoms with Crippen LogP contribution in [-0.4, -0.2) is 18.5 Å². The van der Waals surface area contributed by atoms with E-state index in [2.05, 4.69) is 17.6 Å². The SMILES string of the molecule is CNc1ccc(C(=O)NC2(C)CCCC2)cc1C. The standard InChI is InChI=1S/C15H22N2O/c1-11-10-12(6-7-13(11)16-3)14(18)17-15(2)8-4-5-9-15/h6-7,10,16H,4-5,8-9H2,1-3H3,(H,17,18). The summed E-state index contributed by atoms with van der Waals surface area (Å²) in [4.78, 5) is 12.2. The molecule has 0 spiro atoms. The predicted octanol–water partition coefficient (Wildman–Crippen LogP) is 3.10. The molecule has 3 nitrogen and oxygen atoms in total. The van der Waals surface area contributed by atoms with Gasteiger partial charge in [0.25, 0.3) is 5.91 Å². The van der Waals surface area contributed by atoms with Gasteiger partial charge in [-0.25, -0.2) is 0 Å². The summed E-state index contributed by atoms with van der Waals surface area (Å²) >= 11 is 0. The van der Waals surface area contributed by atoms with E-state index in [1.807, 2.05) is 32.2 Å². The van der Waals surface area contributed by atoms with E-state index in [4.69, 9.17) is 0 Å². The maximum Gasteiger partial charge on any atom is 0.251 e. The lowest BCUT2D eigenvalue weighted by Crippen LogP contribution is -2.43. The molecule has 0 unspecified atom stereocenters. The topological polar surface area (TPSA) is 41.1 Å². The van der Waals surface area contributed by atoms with Crippen LogP contribution >= 0.6 is 0 Å². The lowest BCUT2D eigenvalue weighted by molar-refractivity contribution is 0.0908. The van der Waals surface area contributed by atoms with Gasteiger partial charge in [-0.2, -0.15) is 0 Å². The van der Waals surface area contributed by atoms with E-state index in [1.165, 1.54) is 12.8 Å². The van der Waals surface area contributed by atoms with E-state index in [-0.39, 0.29) is 11.4 Å². The van der Waals surface area contributed by atoms with Crippen molar-refractivity contribution in [2.45, 2.75) is 45.1 Å². The molecular formula is C15H22N2O. The van der Waals surface area contributed by atoms with Crippen LogP contribution < -0.4 is 10.6 Å². The zero-order valence-corrected chi connectivity index (χ0v) is 11.5. The number of anilines is 1. The Morgan fingerprint density at radius 1 is 1.28 bits per heavy atom. The molecule has 1 aromatic rings. The Morgan fingerprint density at radius 2 is 1.94 bits per heavy atom. The highest BCUT2D eigenvalue weighted by atomic mass is 16.1. The van der Waals surface area contributed by atoms with Crippen molar-refractivity contribution in [3.05, 3.63) is 29.3 Å². The molecule has 1 aliphatic rings. The number of rotatable bonds is 3. The fourth-order valence-electron chi connectivity index (χ4n) is 2.71. The predicted molar refractivity (Wildman–Crippen MR) is 75.1 cm³/mol. The molecule has 1 fully saturated rings. The van der Waals surface area contributed by atoms with Crippen LogP contribution in [0.15, 0.2) is 18.2 Å². The largest absolute Gasteiger partial charge is 0.388 e. The van der Waals surface area contributed by atoms with Gasteiger partial charge in [-0.1, -0.05) is 12.8 Å². The van der Waals surface area contributed by atoms with Gasteiger partial charge in [0, 0.05) is 23.8 Å². The van der Waals surface area contributed by atoms with Gasteiger partial charge >= 0.3 is 0 Å².